The van der Waals surface area contributed by atoms with E-state index in [0.717, 1.165) is 17.7 Å². The van der Waals surface area contributed by atoms with E-state index in [4.69, 9.17) is 0 Å². The summed E-state index contributed by atoms with van der Waals surface area (Å²) >= 11 is 0. The monoisotopic (exact) mass is 327 g/mol. The first-order valence-electron chi connectivity index (χ1n) is 8.31. The Morgan fingerprint density at radius 1 is 1.33 bits per heavy atom. The summed E-state index contributed by atoms with van der Waals surface area (Å²) < 4.78 is 1.82. The van der Waals surface area contributed by atoms with Crippen LogP contribution in [-0.4, -0.2) is 44.2 Å². The van der Waals surface area contributed by atoms with Crippen LogP contribution in [0.15, 0.2) is 42.7 Å². The highest BCUT2D eigenvalue weighted by atomic mass is 16.3. The van der Waals surface area contributed by atoms with Crippen LogP contribution < -0.4 is 5.32 Å². The molecule has 0 saturated heterocycles. The maximum atomic E-state index is 12.4. The summed E-state index contributed by atoms with van der Waals surface area (Å²) in [5.74, 6) is 0.0798. The molecule has 2 aliphatic rings. The van der Waals surface area contributed by atoms with Crippen molar-refractivity contribution >= 4 is 5.91 Å². The summed E-state index contributed by atoms with van der Waals surface area (Å²) in [4.78, 5) is 12.4. The Balaban J connectivity index is 1.40. The van der Waals surface area contributed by atoms with Crippen molar-refractivity contribution in [1.29, 1.82) is 0 Å². The standard InChI is InChI=1S/C18H21N3O3/c22-11-18(7-14(23)8-18)20-17(24)16-6-15(16)12-9-19-21(10-12)13-4-2-1-3-5-13/h1-5,9-10,14-16,22-23H,6-8,11H2,(H,20,24)/t14?,15-,16+,18?/m0/s1. The lowest BCUT2D eigenvalue weighted by atomic mass is 9.74. The van der Waals surface area contributed by atoms with Crippen molar-refractivity contribution in [2.24, 2.45) is 5.92 Å². The third-order valence-electron chi connectivity index (χ3n) is 5.12. The number of carbonyl (C=O) groups excluding carboxylic acids is 1. The summed E-state index contributed by atoms with van der Waals surface area (Å²) in [6.07, 6.45) is 5.03. The number of hydrogen-bond donors (Lipinski definition) is 3. The van der Waals surface area contributed by atoms with Gasteiger partial charge in [-0.1, -0.05) is 18.2 Å². The highest BCUT2D eigenvalue weighted by Crippen LogP contribution is 2.48. The van der Waals surface area contributed by atoms with Crippen molar-refractivity contribution < 1.29 is 15.0 Å². The Labute approximate surface area is 140 Å². The maximum absolute atomic E-state index is 12.4. The molecule has 2 fully saturated rings. The molecule has 0 bridgehead atoms. The van der Waals surface area contributed by atoms with Crippen molar-refractivity contribution in [2.45, 2.75) is 36.8 Å². The van der Waals surface area contributed by atoms with Gasteiger partial charge in [0.2, 0.25) is 5.91 Å². The largest absolute Gasteiger partial charge is 0.394 e. The molecule has 126 valence electrons. The number of para-hydroxylation sites is 1. The predicted octanol–water partition coefficient (Wildman–Crippen LogP) is 0.978. The number of nitrogens with zero attached hydrogens (tertiary/aromatic N) is 2. The molecule has 6 heteroatoms. The highest BCUT2D eigenvalue weighted by molar-refractivity contribution is 5.83. The SMILES string of the molecule is O=C(NC1(CO)CC(O)C1)[C@@H]1C[C@H]1c1cnn(-c2ccccc2)c1. The number of aliphatic hydroxyl groups excluding tert-OH is 2. The van der Waals surface area contributed by atoms with Crippen LogP contribution in [0, 0.1) is 5.92 Å². The second-order valence-electron chi connectivity index (χ2n) is 6.99. The van der Waals surface area contributed by atoms with Crippen molar-refractivity contribution in [2.75, 3.05) is 6.61 Å². The molecule has 1 aromatic carbocycles. The van der Waals surface area contributed by atoms with E-state index in [0.29, 0.717) is 12.8 Å². The van der Waals surface area contributed by atoms with E-state index in [1.165, 1.54) is 0 Å². The van der Waals surface area contributed by atoms with E-state index in [1.54, 1.807) is 0 Å². The lowest BCUT2D eigenvalue weighted by Crippen LogP contribution is -2.62. The molecule has 2 atom stereocenters. The van der Waals surface area contributed by atoms with Gasteiger partial charge in [-0.05, 0) is 42.9 Å². The molecule has 2 aliphatic carbocycles. The number of amides is 1. The minimum atomic E-state index is -0.627. The third kappa shape index (κ3) is 2.72. The maximum Gasteiger partial charge on any atom is 0.224 e. The molecule has 1 aromatic heterocycles. The Kier molecular flexibility index (Phi) is 3.66. The molecule has 24 heavy (non-hydrogen) atoms. The Bertz CT molecular complexity index is 737. The number of aromatic nitrogens is 2. The molecule has 2 aromatic rings. The molecule has 0 aliphatic heterocycles. The first kappa shape index (κ1) is 15.4. The number of rotatable bonds is 5. The molecule has 1 amide bonds. The number of benzene rings is 1. The third-order valence-corrected chi connectivity index (χ3v) is 5.12. The molecule has 0 spiro atoms. The quantitative estimate of drug-likeness (QED) is 0.764. The van der Waals surface area contributed by atoms with Gasteiger partial charge in [0.15, 0.2) is 0 Å². The van der Waals surface area contributed by atoms with E-state index in [2.05, 4.69) is 10.4 Å². The van der Waals surface area contributed by atoms with Crippen LogP contribution in [0.4, 0.5) is 0 Å². The number of nitrogens with one attached hydrogen (secondary N) is 1. The van der Waals surface area contributed by atoms with E-state index in [1.807, 2.05) is 47.4 Å². The second-order valence-corrected chi connectivity index (χ2v) is 6.99. The minimum Gasteiger partial charge on any atom is -0.394 e. The van der Waals surface area contributed by atoms with Gasteiger partial charge in [-0.25, -0.2) is 4.68 Å². The van der Waals surface area contributed by atoms with E-state index >= 15 is 0 Å². The average Bonchev–Trinajstić information content (AvgIpc) is 3.23. The van der Waals surface area contributed by atoms with Crippen LogP contribution in [0.2, 0.25) is 0 Å². The number of carbonyl (C=O) groups is 1. The van der Waals surface area contributed by atoms with E-state index < -0.39 is 11.6 Å². The van der Waals surface area contributed by atoms with Gasteiger partial charge in [-0.2, -0.15) is 5.10 Å². The van der Waals surface area contributed by atoms with Crippen molar-refractivity contribution in [3.8, 4) is 5.69 Å². The van der Waals surface area contributed by atoms with Crippen LogP contribution in [0.25, 0.3) is 5.69 Å². The summed E-state index contributed by atoms with van der Waals surface area (Å²) in [7, 11) is 0. The summed E-state index contributed by atoms with van der Waals surface area (Å²) in [6.45, 7) is -0.126. The van der Waals surface area contributed by atoms with Gasteiger partial charge in [-0.15, -0.1) is 0 Å². The van der Waals surface area contributed by atoms with Crippen molar-refractivity contribution in [3.63, 3.8) is 0 Å². The second kappa shape index (κ2) is 5.72. The fraction of sp³-hybridized carbons (Fsp3) is 0.444. The van der Waals surface area contributed by atoms with Gasteiger partial charge in [0, 0.05) is 12.1 Å². The van der Waals surface area contributed by atoms with Crippen LogP contribution in [0.5, 0.6) is 0 Å². The van der Waals surface area contributed by atoms with Gasteiger partial charge < -0.3 is 15.5 Å². The van der Waals surface area contributed by atoms with Crippen LogP contribution >= 0.6 is 0 Å². The van der Waals surface area contributed by atoms with Gasteiger partial charge >= 0.3 is 0 Å². The van der Waals surface area contributed by atoms with E-state index in [-0.39, 0.29) is 24.3 Å². The smallest absolute Gasteiger partial charge is 0.224 e. The Hall–Kier alpha value is -2.18. The van der Waals surface area contributed by atoms with Gasteiger partial charge in [0.05, 0.1) is 30.1 Å². The topological polar surface area (TPSA) is 87.4 Å². The molecule has 4 rings (SSSR count). The van der Waals surface area contributed by atoms with Gasteiger partial charge in [-0.3, -0.25) is 4.79 Å². The predicted molar refractivity (Wildman–Crippen MR) is 87.6 cm³/mol. The first-order valence-corrected chi connectivity index (χ1v) is 8.31. The van der Waals surface area contributed by atoms with Crippen LogP contribution in [0.1, 0.15) is 30.7 Å². The Morgan fingerprint density at radius 2 is 2.08 bits per heavy atom. The highest BCUT2D eigenvalue weighted by Gasteiger charge is 2.50. The average molecular weight is 327 g/mol. The zero-order valence-corrected chi connectivity index (χ0v) is 13.3. The van der Waals surface area contributed by atoms with Crippen molar-refractivity contribution in [3.05, 3.63) is 48.3 Å². The zero-order valence-electron chi connectivity index (χ0n) is 13.3. The normalized spacial score (nSPS) is 31.3. The van der Waals surface area contributed by atoms with Crippen LogP contribution in [-0.2, 0) is 4.79 Å². The number of hydrogen-bond acceptors (Lipinski definition) is 4. The van der Waals surface area contributed by atoms with Gasteiger partial charge in [0.1, 0.15) is 0 Å². The molecular weight excluding hydrogens is 306 g/mol. The Morgan fingerprint density at radius 3 is 2.75 bits per heavy atom. The fourth-order valence-corrected chi connectivity index (χ4v) is 3.57. The van der Waals surface area contributed by atoms with Gasteiger partial charge in [0.25, 0.3) is 0 Å². The summed E-state index contributed by atoms with van der Waals surface area (Å²) in [6, 6.07) is 9.86. The molecule has 2 saturated carbocycles. The summed E-state index contributed by atoms with van der Waals surface area (Å²) in [5, 5.41) is 26.2. The van der Waals surface area contributed by atoms with Crippen LogP contribution in [0.3, 0.4) is 0 Å². The summed E-state index contributed by atoms with van der Waals surface area (Å²) in [5.41, 5.74) is 1.43. The number of aliphatic hydroxyl groups is 2. The molecule has 3 N–H and O–H groups in total. The zero-order chi connectivity index (χ0) is 16.7. The van der Waals surface area contributed by atoms with Crippen molar-refractivity contribution in [1.82, 2.24) is 15.1 Å². The van der Waals surface area contributed by atoms with E-state index in [9.17, 15) is 15.0 Å². The molecule has 0 unspecified atom stereocenters. The lowest BCUT2D eigenvalue weighted by Gasteiger charge is -2.44. The lowest BCUT2D eigenvalue weighted by molar-refractivity contribution is -0.129. The minimum absolute atomic E-state index is 0.0339. The molecular formula is C18H21N3O3. The first-order chi connectivity index (χ1) is 11.6. The fourth-order valence-electron chi connectivity index (χ4n) is 3.57. The molecule has 0 radical (unpaired) electrons. The molecule has 1 heterocycles. The molecule has 6 nitrogen and oxygen atoms in total.